The van der Waals surface area contributed by atoms with E-state index in [1.807, 2.05) is 0 Å². The van der Waals surface area contributed by atoms with Gasteiger partial charge < -0.3 is 10.5 Å². The number of hydrazine groups is 1. The van der Waals surface area contributed by atoms with Crippen molar-refractivity contribution in [1.29, 1.82) is 0 Å². The molecule has 1 aliphatic rings. The van der Waals surface area contributed by atoms with E-state index >= 15 is 0 Å². The number of carbonyl (C=O) groups is 1. The minimum atomic E-state index is -0.288. The number of aryl methyl sites for hydroxylation is 1. The van der Waals surface area contributed by atoms with Gasteiger partial charge in [0.2, 0.25) is 0 Å². The van der Waals surface area contributed by atoms with Gasteiger partial charge in [-0.15, -0.1) is 0 Å². The lowest BCUT2D eigenvalue weighted by Crippen LogP contribution is -2.48. The molecule has 1 aromatic rings. The summed E-state index contributed by atoms with van der Waals surface area (Å²) in [5.74, 6) is -0.288. The molecular formula is C9H15N5O2. The number of H-pyrrole nitrogens is 1. The van der Waals surface area contributed by atoms with Crippen molar-refractivity contribution in [3.8, 4) is 0 Å². The maximum atomic E-state index is 11.8. The summed E-state index contributed by atoms with van der Waals surface area (Å²) in [6, 6.07) is 0. The van der Waals surface area contributed by atoms with Gasteiger partial charge in [0.1, 0.15) is 0 Å². The van der Waals surface area contributed by atoms with Gasteiger partial charge in [0.15, 0.2) is 5.69 Å². The molecular weight excluding hydrogens is 210 g/mol. The van der Waals surface area contributed by atoms with Crippen molar-refractivity contribution in [2.45, 2.75) is 6.92 Å². The number of anilines is 1. The molecule has 88 valence electrons. The van der Waals surface area contributed by atoms with Gasteiger partial charge in [0, 0.05) is 13.1 Å². The fraction of sp³-hybridized carbons (Fsp3) is 0.556. The number of aromatic amines is 1. The number of nitrogens with zero attached hydrogens (tertiary/aromatic N) is 2. The lowest BCUT2D eigenvalue weighted by atomic mass is 10.3. The summed E-state index contributed by atoms with van der Waals surface area (Å²) in [5.41, 5.74) is 9.79. The number of carbonyl (C=O) groups excluding carboxylic acids is 1. The summed E-state index contributed by atoms with van der Waals surface area (Å²) in [7, 11) is 0. The van der Waals surface area contributed by atoms with Crippen LogP contribution in [-0.2, 0) is 4.74 Å². The zero-order valence-electron chi connectivity index (χ0n) is 9.12. The van der Waals surface area contributed by atoms with Crippen LogP contribution in [0.5, 0.6) is 0 Å². The summed E-state index contributed by atoms with van der Waals surface area (Å²) in [5, 5.41) is 8.34. The van der Waals surface area contributed by atoms with E-state index in [-0.39, 0.29) is 11.6 Å². The van der Waals surface area contributed by atoms with E-state index in [0.29, 0.717) is 37.7 Å². The number of aromatic nitrogens is 2. The van der Waals surface area contributed by atoms with Gasteiger partial charge in [-0.25, -0.2) is 5.01 Å². The molecule has 2 rings (SSSR count). The van der Waals surface area contributed by atoms with Crippen LogP contribution in [0.4, 0.5) is 5.69 Å². The van der Waals surface area contributed by atoms with Gasteiger partial charge in [-0.05, 0) is 6.92 Å². The minimum absolute atomic E-state index is 0.240. The molecule has 1 aromatic heterocycles. The first-order chi connectivity index (χ1) is 7.68. The number of nitrogens with one attached hydrogen (secondary N) is 2. The molecule has 1 fully saturated rings. The summed E-state index contributed by atoms with van der Waals surface area (Å²) in [6.07, 6.45) is 0. The molecule has 7 heteroatoms. The van der Waals surface area contributed by atoms with Crippen molar-refractivity contribution in [2.24, 2.45) is 0 Å². The number of amides is 1. The second-order valence-electron chi connectivity index (χ2n) is 3.65. The Morgan fingerprint density at radius 2 is 2.25 bits per heavy atom. The highest BCUT2D eigenvalue weighted by Crippen LogP contribution is 2.12. The Hall–Kier alpha value is -1.60. The predicted molar refractivity (Wildman–Crippen MR) is 57.6 cm³/mol. The molecule has 1 aliphatic heterocycles. The molecule has 0 atom stereocenters. The van der Waals surface area contributed by atoms with E-state index in [9.17, 15) is 4.79 Å². The van der Waals surface area contributed by atoms with Crippen LogP contribution in [0.25, 0.3) is 0 Å². The molecule has 0 spiro atoms. The number of hydrogen-bond donors (Lipinski definition) is 3. The number of morpholine rings is 1. The molecule has 1 amide bonds. The van der Waals surface area contributed by atoms with Crippen LogP contribution in [-0.4, -0.2) is 47.4 Å². The molecule has 0 bridgehead atoms. The summed E-state index contributed by atoms with van der Waals surface area (Å²) in [4.78, 5) is 11.8. The Balaban J connectivity index is 1.99. The lowest BCUT2D eigenvalue weighted by Gasteiger charge is -2.26. The number of nitrogens with two attached hydrogens (primary N) is 1. The first-order valence-electron chi connectivity index (χ1n) is 5.12. The molecule has 1 saturated heterocycles. The second-order valence-corrected chi connectivity index (χ2v) is 3.65. The predicted octanol–water partition coefficient (Wildman–Crippen LogP) is -0.723. The van der Waals surface area contributed by atoms with Crippen LogP contribution in [0.1, 0.15) is 16.2 Å². The van der Waals surface area contributed by atoms with E-state index < -0.39 is 0 Å². The Bertz CT molecular complexity index is 383. The average molecular weight is 225 g/mol. The second kappa shape index (κ2) is 4.50. The summed E-state index contributed by atoms with van der Waals surface area (Å²) >= 11 is 0. The van der Waals surface area contributed by atoms with Crippen LogP contribution in [0, 0.1) is 6.92 Å². The van der Waals surface area contributed by atoms with Crippen molar-refractivity contribution in [3.63, 3.8) is 0 Å². The normalized spacial score (nSPS) is 17.3. The maximum Gasteiger partial charge on any atom is 0.288 e. The van der Waals surface area contributed by atoms with Crippen LogP contribution >= 0.6 is 0 Å². The highest BCUT2D eigenvalue weighted by Gasteiger charge is 2.19. The van der Waals surface area contributed by atoms with E-state index in [4.69, 9.17) is 10.5 Å². The number of nitrogen functional groups attached to an aromatic ring is 1. The first kappa shape index (κ1) is 10.9. The van der Waals surface area contributed by atoms with Gasteiger partial charge >= 0.3 is 0 Å². The third kappa shape index (κ3) is 2.15. The van der Waals surface area contributed by atoms with Crippen molar-refractivity contribution < 1.29 is 9.53 Å². The molecule has 0 radical (unpaired) electrons. The Kier molecular flexibility index (Phi) is 3.07. The molecule has 2 heterocycles. The van der Waals surface area contributed by atoms with E-state index in [1.165, 1.54) is 0 Å². The number of ether oxygens (including phenoxy) is 1. The third-order valence-corrected chi connectivity index (χ3v) is 2.48. The van der Waals surface area contributed by atoms with Crippen LogP contribution < -0.4 is 11.2 Å². The zero-order chi connectivity index (χ0) is 11.5. The van der Waals surface area contributed by atoms with Crippen molar-refractivity contribution in [1.82, 2.24) is 20.6 Å². The van der Waals surface area contributed by atoms with Crippen molar-refractivity contribution in [2.75, 3.05) is 32.0 Å². The van der Waals surface area contributed by atoms with Gasteiger partial charge in [-0.2, -0.15) is 5.10 Å². The first-order valence-corrected chi connectivity index (χ1v) is 5.12. The summed E-state index contributed by atoms with van der Waals surface area (Å²) in [6.45, 7) is 4.36. The fourth-order valence-corrected chi connectivity index (χ4v) is 1.48. The molecule has 0 saturated carbocycles. The smallest absolute Gasteiger partial charge is 0.288 e. The van der Waals surface area contributed by atoms with Crippen LogP contribution in [0.15, 0.2) is 0 Å². The Labute approximate surface area is 92.9 Å². The largest absolute Gasteiger partial charge is 0.395 e. The number of rotatable bonds is 2. The van der Waals surface area contributed by atoms with E-state index in [0.717, 1.165) is 0 Å². The quantitative estimate of drug-likeness (QED) is 0.617. The molecule has 0 aliphatic carbocycles. The molecule has 7 nitrogen and oxygen atoms in total. The molecule has 16 heavy (non-hydrogen) atoms. The van der Waals surface area contributed by atoms with Crippen molar-refractivity contribution >= 4 is 11.6 Å². The molecule has 0 unspecified atom stereocenters. The SMILES string of the molecule is Cc1[nH]nc(C(=O)NN2CCOCC2)c1N. The van der Waals surface area contributed by atoms with Gasteiger partial charge in [0.25, 0.3) is 5.91 Å². The Morgan fingerprint density at radius 3 is 2.81 bits per heavy atom. The van der Waals surface area contributed by atoms with Crippen LogP contribution in [0.2, 0.25) is 0 Å². The Morgan fingerprint density at radius 1 is 1.56 bits per heavy atom. The van der Waals surface area contributed by atoms with Crippen molar-refractivity contribution in [3.05, 3.63) is 11.4 Å². The standard InChI is InChI=1S/C9H15N5O2/c1-6-7(10)8(12-11-6)9(15)13-14-2-4-16-5-3-14/h2-5,10H2,1H3,(H,11,12)(H,13,15). The zero-order valence-corrected chi connectivity index (χ0v) is 9.12. The fourth-order valence-electron chi connectivity index (χ4n) is 1.48. The molecule has 0 aromatic carbocycles. The highest BCUT2D eigenvalue weighted by atomic mass is 16.5. The highest BCUT2D eigenvalue weighted by molar-refractivity contribution is 5.97. The average Bonchev–Trinajstić information content (AvgIpc) is 2.61. The lowest BCUT2D eigenvalue weighted by molar-refractivity contribution is 0.0125. The number of hydrogen-bond acceptors (Lipinski definition) is 5. The van der Waals surface area contributed by atoms with Crippen LogP contribution in [0.3, 0.4) is 0 Å². The summed E-state index contributed by atoms with van der Waals surface area (Å²) < 4.78 is 5.18. The monoisotopic (exact) mass is 225 g/mol. The van der Waals surface area contributed by atoms with E-state index in [2.05, 4.69) is 15.6 Å². The van der Waals surface area contributed by atoms with Gasteiger partial charge in [-0.1, -0.05) is 0 Å². The topological polar surface area (TPSA) is 96.3 Å². The minimum Gasteiger partial charge on any atom is -0.395 e. The van der Waals surface area contributed by atoms with E-state index in [1.54, 1.807) is 11.9 Å². The maximum absolute atomic E-state index is 11.8. The van der Waals surface area contributed by atoms with Gasteiger partial charge in [0.05, 0.1) is 24.6 Å². The molecule has 4 N–H and O–H groups in total. The van der Waals surface area contributed by atoms with Gasteiger partial charge in [-0.3, -0.25) is 15.3 Å². The third-order valence-electron chi connectivity index (χ3n) is 2.48.